The molecule has 0 heterocycles. The quantitative estimate of drug-likeness (QED) is 0.154. The minimum absolute atomic E-state index is 0.0355. The van der Waals surface area contributed by atoms with Gasteiger partial charge in [-0.05, 0) is 80.3 Å². The summed E-state index contributed by atoms with van der Waals surface area (Å²) in [6.07, 6.45) is 0.945. The maximum atomic E-state index is 14.7. The molecular weight excluding hydrogens is 678 g/mol. The van der Waals surface area contributed by atoms with Gasteiger partial charge in [-0.15, -0.1) is 0 Å². The van der Waals surface area contributed by atoms with Crippen molar-refractivity contribution in [3.05, 3.63) is 124 Å². The molecule has 10 heteroatoms. The van der Waals surface area contributed by atoms with Gasteiger partial charge in [0.05, 0.1) is 17.7 Å². The lowest BCUT2D eigenvalue weighted by Crippen LogP contribution is -2.54. The van der Waals surface area contributed by atoms with E-state index < -0.39 is 28.5 Å². The predicted octanol–water partition coefficient (Wildman–Crippen LogP) is 6.82. The van der Waals surface area contributed by atoms with Crippen LogP contribution in [0.2, 0.25) is 0 Å². The van der Waals surface area contributed by atoms with Crippen LogP contribution in [-0.4, -0.2) is 50.9 Å². The summed E-state index contributed by atoms with van der Waals surface area (Å²) in [5, 5.41) is 3.06. The number of halogens is 1. The number of aryl methyl sites for hydroxylation is 2. The van der Waals surface area contributed by atoms with Crippen LogP contribution < -0.4 is 14.4 Å². The summed E-state index contributed by atoms with van der Waals surface area (Å²) in [5.74, 6) is -0.551. The van der Waals surface area contributed by atoms with Crippen molar-refractivity contribution >= 4 is 43.5 Å². The van der Waals surface area contributed by atoms with Crippen LogP contribution in [0, 0.1) is 13.8 Å². The second kappa shape index (κ2) is 16.1. The van der Waals surface area contributed by atoms with Gasteiger partial charge in [-0.3, -0.25) is 13.9 Å². The molecule has 8 nitrogen and oxygen atoms in total. The monoisotopic (exact) mass is 719 g/mol. The molecule has 0 saturated heterocycles. The molecule has 1 N–H and O–H groups in total. The molecule has 4 aromatic carbocycles. The topological polar surface area (TPSA) is 96.0 Å². The van der Waals surface area contributed by atoms with Crippen molar-refractivity contribution < 1.29 is 22.7 Å². The molecule has 0 aliphatic rings. The zero-order valence-corrected chi connectivity index (χ0v) is 29.8. The minimum Gasteiger partial charge on any atom is -0.495 e. The summed E-state index contributed by atoms with van der Waals surface area (Å²) >= 11 is 3.52. The Kier molecular flexibility index (Phi) is 12.2. The van der Waals surface area contributed by atoms with Gasteiger partial charge in [-0.2, -0.15) is 0 Å². The van der Waals surface area contributed by atoms with Gasteiger partial charge in [-0.1, -0.05) is 89.1 Å². The van der Waals surface area contributed by atoms with Crippen LogP contribution >= 0.6 is 15.9 Å². The van der Waals surface area contributed by atoms with Crippen molar-refractivity contribution in [2.75, 3.05) is 18.0 Å². The zero-order chi connectivity index (χ0) is 34.1. The summed E-state index contributed by atoms with van der Waals surface area (Å²) in [7, 11) is -2.80. The number of carbonyl (C=O) groups is 2. The van der Waals surface area contributed by atoms with Gasteiger partial charge in [0, 0.05) is 23.5 Å². The number of nitrogens with one attached hydrogen (secondary N) is 1. The molecule has 0 aliphatic heterocycles. The first-order valence-corrected chi connectivity index (χ1v) is 17.8. The fraction of sp³-hybridized carbons (Fsp3) is 0.297. The van der Waals surface area contributed by atoms with E-state index in [1.807, 2.05) is 88.4 Å². The Hall–Kier alpha value is -4.15. The van der Waals surface area contributed by atoms with Crippen molar-refractivity contribution in [3.8, 4) is 5.75 Å². The highest BCUT2D eigenvalue weighted by molar-refractivity contribution is 9.10. The smallest absolute Gasteiger partial charge is 0.264 e. The first-order chi connectivity index (χ1) is 22.4. The third-order valence-electron chi connectivity index (χ3n) is 8.00. The molecule has 0 bridgehead atoms. The molecular formula is C37H42BrN3O5S. The van der Waals surface area contributed by atoms with E-state index in [1.54, 1.807) is 24.3 Å². The number of anilines is 1. The van der Waals surface area contributed by atoms with Crippen LogP contribution in [0.1, 0.15) is 42.5 Å². The molecule has 4 rings (SSSR count). The Labute approximate surface area is 286 Å². The summed E-state index contributed by atoms with van der Waals surface area (Å²) in [6.45, 7) is 7.12. The number of hydrogen-bond donors (Lipinski definition) is 1. The average Bonchev–Trinajstić information content (AvgIpc) is 3.05. The van der Waals surface area contributed by atoms with E-state index >= 15 is 0 Å². The molecule has 4 aromatic rings. The molecule has 0 fully saturated rings. The molecule has 0 radical (unpaired) electrons. The van der Waals surface area contributed by atoms with Crippen LogP contribution in [0.5, 0.6) is 5.75 Å². The molecule has 0 aromatic heterocycles. The van der Waals surface area contributed by atoms with Crippen molar-refractivity contribution in [1.82, 2.24) is 10.2 Å². The number of benzene rings is 4. The lowest BCUT2D eigenvalue weighted by molar-refractivity contribution is -0.140. The number of methoxy groups -OCH3 is 1. The normalized spacial score (nSPS) is 12.6. The highest BCUT2D eigenvalue weighted by Crippen LogP contribution is 2.34. The molecule has 47 heavy (non-hydrogen) atoms. The van der Waals surface area contributed by atoms with E-state index in [1.165, 1.54) is 24.1 Å². The van der Waals surface area contributed by atoms with Gasteiger partial charge in [-0.25, -0.2) is 8.42 Å². The van der Waals surface area contributed by atoms with E-state index in [0.717, 1.165) is 31.0 Å². The van der Waals surface area contributed by atoms with E-state index in [2.05, 4.69) is 21.2 Å². The van der Waals surface area contributed by atoms with Crippen molar-refractivity contribution in [3.63, 3.8) is 0 Å². The van der Waals surface area contributed by atoms with Crippen LogP contribution in [0.15, 0.2) is 106 Å². The van der Waals surface area contributed by atoms with Gasteiger partial charge in [0.2, 0.25) is 11.8 Å². The van der Waals surface area contributed by atoms with Crippen LogP contribution in [-0.2, 0) is 32.6 Å². The molecule has 0 saturated carbocycles. The summed E-state index contributed by atoms with van der Waals surface area (Å²) in [5.41, 5.74) is 3.57. The molecule has 248 valence electrons. The number of rotatable bonds is 14. The first kappa shape index (κ1) is 35.7. The average molecular weight is 721 g/mol. The Morgan fingerprint density at radius 1 is 0.872 bits per heavy atom. The van der Waals surface area contributed by atoms with E-state index in [-0.39, 0.29) is 35.5 Å². The summed E-state index contributed by atoms with van der Waals surface area (Å²) in [4.78, 5) is 30.2. The highest BCUT2D eigenvalue weighted by atomic mass is 79.9. The minimum atomic E-state index is -4.26. The van der Waals surface area contributed by atoms with E-state index in [9.17, 15) is 18.0 Å². The zero-order valence-electron chi connectivity index (χ0n) is 27.4. The second-order valence-electron chi connectivity index (χ2n) is 11.7. The number of nitrogens with zero attached hydrogens (tertiary/aromatic N) is 2. The van der Waals surface area contributed by atoms with Crippen LogP contribution in [0.3, 0.4) is 0 Å². The maximum Gasteiger partial charge on any atom is 0.264 e. The van der Waals surface area contributed by atoms with Crippen LogP contribution in [0.4, 0.5) is 5.69 Å². The number of sulfonamides is 1. The first-order valence-electron chi connectivity index (χ1n) is 15.5. The fourth-order valence-corrected chi connectivity index (χ4v) is 7.04. The highest BCUT2D eigenvalue weighted by Gasteiger charge is 2.36. The molecule has 0 spiro atoms. The largest absolute Gasteiger partial charge is 0.495 e. The Morgan fingerprint density at radius 3 is 2.17 bits per heavy atom. The number of carbonyl (C=O) groups excluding carboxylic acids is 2. The maximum absolute atomic E-state index is 14.7. The van der Waals surface area contributed by atoms with E-state index in [4.69, 9.17) is 4.74 Å². The Morgan fingerprint density at radius 2 is 1.53 bits per heavy atom. The number of ether oxygens (including phenoxy) is 1. The van der Waals surface area contributed by atoms with Gasteiger partial charge in [0.1, 0.15) is 18.3 Å². The number of amides is 2. The Balaban J connectivity index is 1.86. The summed E-state index contributed by atoms with van der Waals surface area (Å²) < 4.78 is 36.3. The predicted molar refractivity (Wildman–Crippen MR) is 190 cm³/mol. The molecule has 0 unspecified atom stereocenters. The van der Waals surface area contributed by atoms with Gasteiger partial charge in [0.15, 0.2) is 0 Å². The van der Waals surface area contributed by atoms with E-state index in [0.29, 0.717) is 12.2 Å². The van der Waals surface area contributed by atoms with Gasteiger partial charge < -0.3 is 15.0 Å². The van der Waals surface area contributed by atoms with Crippen molar-refractivity contribution in [2.45, 2.75) is 64.1 Å². The second-order valence-corrected chi connectivity index (χ2v) is 14.5. The number of hydrogen-bond acceptors (Lipinski definition) is 5. The molecule has 0 aliphatic carbocycles. The standard InChI is InChI=1S/C37H42BrN3O5S/c1-6-28(4)39-37(43)34(23-29-11-8-7-9-12-29)40(24-30-13-10-14-31(38)22-30)36(42)25-41(33-21-27(3)17-20-35(33)46-5)47(44,45)32-18-15-26(2)16-19-32/h7-22,28,34H,6,23-25H2,1-5H3,(H,39,43)/t28-,34-/m0/s1. The van der Waals surface area contributed by atoms with Crippen molar-refractivity contribution in [1.29, 1.82) is 0 Å². The lowest BCUT2D eigenvalue weighted by Gasteiger charge is -2.34. The van der Waals surface area contributed by atoms with Crippen LogP contribution in [0.25, 0.3) is 0 Å². The lowest BCUT2D eigenvalue weighted by atomic mass is 10.0. The third kappa shape index (κ3) is 9.23. The molecule has 2 amide bonds. The van der Waals surface area contributed by atoms with Crippen molar-refractivity contribution in [2.24, 2.45) is 0 Å². The molecule has 2 atom stereocenters. The van der Waals surface area contributed by atoms with Gasteiger partial charge >= 0.3 is 0 Å². The SMILES string of the molecule is CC[C@H](C)NC(=O)[C@H](Cc1ccccc1)N(Cc1cccc(Br)c1)C(=O)CN(c1cc(C)ccc1OC)S(=O)(=O)c1ccc(C)cc1. The summed E-state index contributed by atoms with van der Waals surface area (Å²) in [6, 6.07) is 27.6. The van der Waals surface area contributed by atoms with Gasteiger partial charge in [0.25, 0.3) is 10.0 Å². The third-order valence-corrected chi connectivity index (χ3v) is 10.3. The Bertz CT molecular complexity index is 1780. The fourth-order valence-electron chi connectivity index (χ4n) is 5.17.